The lowest BCUT2D eigenvalue weighted by atomic mass is 10.1. The van der Waals surface area contributed by atoms with Crippen molar-refractivity contribution < 1.29 is 0 Å². The van der Waals surface area contributed by atoms with Crippen LogP contribution >= 0.6 is 11.6 Å². The van der Waals surface area contributed by atoms with E-state index in [0.717, 1.165) is 11.6 Å². The molecule has 72 valence electrons. The molecule has 1 aliphatic carbocycles. The zero-order valence-corrected chi connectivity index (χ0v) is 8.62. The van der Waals surface area contributed by atoms with Gasteiger partial charge >= 0.3 is 0 Å². The van der Waals surface area contributed by atoms with E-state index in [1.54, 1.807) is 10.9 Å². The molecule has 0 amide bonds. The fourth-order valence-corrected chi connectivity index (χ4v) is 2.14. The van der Waals surface area contributed by atoms with Crippen molar-refractivity contribution in [1.82, 2.24) is 9.78 Å². The summed E-state index contributed by atoms with van der Waals surface area (Å²) in [6.45, 7) is 2.22. The molecule has 0 bridgehead atoms. The summed E-state index contributed by atoms with van der Waals surface area (Å²) in [6.07, 6.45) is 2.87. The third-order valence-corrected chi connectivity index (χ3v) is 3.18. The normalized spacial score (nSPS) is 28.9. The molecular weight excluding hydrogens is 186 g/mol. The standard InChI is InChI=1S/C9H14ClN3/c1-5-3-6(5)8(11)9-7(10)4-12-13(9)2/h4-6,8H,3,11H2,1-2H3. The summed E-state index contributed by atoms with van der Waals surface area (Å²) in [5.74, 6) is 1.33. The summed E-state index contributed by atoms with van der Waals surface area (Å²) >= 11 is 6.00. The minimum atomic E-state index is 0.0509. The molecule has 0 spiro atoms. The van der Waals surface area contributed by atoms with Crippen LogP contribution in [0.3, 0.4) is 0 Å². The molecule has 3 atom stereocenters. The van der Waals surface area contributed by atoms with Crippen molar-refractivity contribution in [2.75, 3.05) is 0 Å². The molecule has 13 heavy (non-hydrogen) atoms. The first kappa shape index (κ1) is 9.03. The highest BCUT2D eigenvalue weighted by atomic mass is 35.5. The molecule has 4 heteroatoms. The Balaban J connectivity index is 2.24. The van der Waals surface area contributed by atoms with Gasteiger partial charge in [-0.05, 0) is 18.3 Å². The largest absolute Gasteiger partial charge is 0.322 e. The average molecular weight is 200 g/mol. The Morgan fingerprint density at radius 2 is 2.38 bits per heavy atom. The second kappa shape index (κ2) is 3.00. The zero-order valence-electron chi connectivity index (χ0n) is 7.87. The Labute approximate surface area is 82.9 Å². The lowest BCUT2D eigenvalue weighted by Crippen LogP contribution is -2.17. The van der Waals surface area contributed by atoms with Gasteiger partial charge < -0.3 is 5.73 Å². The van der Waals surface area contributed by atoms with Gasteiger partial charge in [0.05, 0.1) is 23.0 Å². The summed E-state index contributed by atoms with van der Waals surface area (Å²) < 4.78 is 1.78. The van der Waals surface area contributed by atoms with Crippen molar-refractivity contribution in [3.63, 3.8) is 0 Å². The van der Waals surface area contributed by atoms with Crippen LogP contribution in [0.2, 0.25) is 5.02 Å². The minimum absolute atomic E-state index is 0.0509. The Bertz CT molecular complexity index is 301. The van der Waals surface area contributed by atoms with Crippen molar-refractivity contribution in [2.24, 2.45) is 24.6 Å². The zero-order chi connectivity index (χ0) is 9.59. The van der Waals surface area contributed by atoms with Crippen LogP contribution in [0.4, 0.5) is 0 Å². The van der Waals surface area contributed by atoms with E-state index in [4.69, 9.17) is 17.3 Å². The molecule has 0 aliphatic heterocycles. The molecule has 1 saturated carbocycles. The first-order valence-corrected chi connectivity index (χ1v) is 4.92. The number of nitrogens with zero attached hydrogens (tertiary/aromatic N) is 2. The number of hydrogen-bond donors (Lipinski definition) is 1. The molecule has 1 aromatic heterocycles. The van der Waals surface area contributed by atoms with Crippen LogP contribution < -0.4 is 5.73 Å². The van der Waals surface area contributed by atoms with Gasteiger partial charge in [0.1, 0.15) is 0 Å². The Morgan fingerprint density at radius 3 is 2.77 bits per heavy atom. The molecule has 3 nitrogen and oxygen atoms in total. The molecule has 3 unspecified atom stereocenters. The summed E-state index contributed by atoms with van der Waals surface area (Å²) in [5, 5.41) is 4.77. The van der Waals surface area contributed by atoms with E-state index < -0.39 is 0 Å². The number of halogens is 1. The van der Waals surface area contributed by atoms with Crippen LogP contribution in [-0.2, 0) is 7.05 Å². The quantitative estimate of drug-likeness (QED) is 0.789. The molecule has 2 N–H and O–H groups in total. The van der Waals surface area contributed by atoms with Crippen LogP contribution in [0.25, 0.3) is 0 Å². The van der Waals surface area contributed by atoms with E-state index in [9.17, 15) is 0 Å². The van der Waals surface area contributed by atoms with Gasteiger partial charge in [-0.1, -0.05) is 18.5 Å². The predicted molar refractivity (Wildman–Crippen MR) is 52.4 cm³/mol. The highest BCUT2D eigenvalue weighted by molar-refractivity contribution is 6.31. The van der Waals surface area contributed by atoms with E-state index in [1.807, 2.05) is 7.05 Å². The van der Waals surface area contributed by atoms with Crippen LogP contribution in [-0.4, -0.2) is 9.78 Å². The Morgan fingerprint density at radius 1 is 1.77 bits per heavy atom. The molecule has 1 aliphatic rings. The molecule has 1 fully saturated rings. The highest BCUT2D eigenvalue weighted by Gasteiger charge is 2.40. The number of aromatic nitrogens is 2. The highest BCUT2D eigenvalue weighted by Crippen LogP contribution is 2.46. The fourth-order valence-electron chi connectivity index (χ4n) is 1.85. The van der Waals surface area contributed by atoms with Crippen molar-refractivity contribution in [2.45, 2.75) is 19.4 Å². The molecule has 0 saturated heterocycles. The summed E-state index contributed by atoms with van der Waals surface area (Å²) in [7, 11) is 1.88. The number of hydrogen-bond acceptors (Lipinski definition) is 2. The number of nitrogens with two attached hydrogens (primary N) is 1. The van der Waals surface area contributed by atoms with Crippen molar-refractivity contribution in [3.8, 4) is 0 Å². The predicted octanol–water partition coefficient (Wildman–Crippen LogP) is 1.73. The van der Waals surface area contributed by atoms with E-state index in [0.29, 0.717) is 10.9 Å². The molecule has 1 heterocycles. The SMILES string of the molecule is CC1CC1C(N)c1c(Cl)cnn1C. The van der Waals surface area contributed by atoms with Gasteiger partial charge in [-0.3, -0.25) is 4.68 Å². The maximum atomic E-state index is 6.09. The van der Waals surface area contributed by atoms with E-state index in [2.05, 4.69) is 12.0 Å². The van der Waals surface area contributed by atoms with Gasteiger partial charge in [0.15, 0.2) is 0 Å². The van der Waals surface area contributed by atoms with Gasteiger partial charge in [0.25, 0.3) is 0 Å². The van der Waals surface area contributed by atoms with Gasteiger partial charge in [-0.2, -0.15) is 5.10 Å². The van der Waals surface area contributed by atoms with Gasteiger partial charge in [0, 0.05) is 7.05 Å². The third kappa shape index (κ3) is 1.46. The second-order valence-electron chi connectivity index (χ2n) is 3.90. The summed E-state index contributed by atoms with van der Waals surface area (Å²) in [5.41, 5.74) is 7.06. The lowest BCUT2D eigenvalue weighted by Gasteiger charge is -2.11. The number of rotatable bonds is 2. The summed E-state index contributed by atoms with van der Waals surface area (Å²) in [6, 6.07) is 0.0509. The van der Waals surface area contributed by atoms with E-state index >= 15 is 0 Å². The molecule has 1 aromatic rings. The Hall–Kier alpha value is -0.540. The number of aryl methyl sites for hydroxylation is 1. The first-order valence-electron chi connectivity index (χ1n) is 4.54. The Kier molecular flexibility index (Phi) is 2.08. The third-order valence-electron chi connectivity index (χ3n) is 2.89. The van der Waals surface area contributed by atoms with Gasteiger partial charge in [0.2, 0.25) is 0 Å². The van der Waals surface area contributed by atoms with Crippen LogP contribution in [0.5, 0.6) is 0 Å². The molecule has 2 rings (SSSR count). The maximum Gasteiger partial charge on any atom is 0.0834 e. The molecule has 0 radical (unpaired) electrons. The van der Waals surface area contributed by atoms with Crippen LogP contribution in [0.15, 0.2) is 6.20 Å². The molecular formula is C9H14ClN3. The summed E-state index contributed by atoms with van der Waals surface area (Å²) in [4.78, 5) is 0. The van der Waals surface area contributed by atoms with Gasteiger partial charge in [-0.25, -0.2) is 0 Å². The first-order chi connectivity index (χ1) is 6.11. The fraction of sp³-hybridized carbons (Fsp3) is 0.667. The van der Waals surface area contributed by atoms with Crippen molar-refractivity contribution in [3.05, 3.63) is 16.9 Å². The minimum Gasteiger partial charge on any atom is -0.322 e. The van der Waals surface area contributed by atoms with Crippen LogP contribution in [0.1, 0.15) is 25.1 Å². The lowest BCUT2D eigenvalue weighted by molar-refractivity contribution is 0.541. The second-order valence-corrected chi connectivity index (χ2v) is 4.31. The van der Waals surface area contributed by atoms with Gasteiger partial charge in [-0.15, -0.1) is 0 Å². The van der Waals surface area contributed by atoms with E-state index in [1.165, 1.54) is 6.42 Å². The van der Waals surface area contributed by atoms with Crippen molar-refractivity contribution in [1.29, 1.82) is 0 Å². The maximum absolute atomic E-state index is 6.09. The van der Waals surface area contributed by atoms with E-state index in [-0.39, 0.29) is 6.04 Å². The monoisotopic (exact) mass is 199 g/mol. The topological polar surface area (TPSA) is 43.8 Å². The van der Waals surface area contributed by atoms with Crippen LogP contribution in [0, 0.1) is 11.8 Å². The van der Waals surface area contributed by atoms with Crippen molar-refractivity contribution >= 4 is 11.6 Å². The average Bonchev–Trinajstić information content (AvgIpc) is 2.70. The molecule has 0 aromatic carbocycles. The smallest absolute Gasteiger partial charge is 0.0834 e.